The highest BCUT2D eigenvalue weighted by Gasteiger charge is 2.18. The molecule has 1 aliphatic rings. The van der Waals surface area contributed by atoms with Crippen molar-refractivity contribution in [1.29, 1.82) is 0 Å². The van der Waals surface area contributed by atoms with E-state index >= 15 is 0 Å². The number of carbonyl (C=O) groups excluding carboxylic acids is 2. The third-order valence-corrected chi connectivity index (χ3v) is 4.33. The van der Waals surface area contributed by atoms with E-state index in [-0.39, 0.29) is 11.8 Å². The summed E-state index contributed by atoms with van der Waals surface area (Å²) >= 11 is 3.38. The van der Waals surface area contributed by atoms with E-state index in [0.29, 0.717) is 19.0 Å². The lowest BCUT2D eigenvalue weighted by Gasteiger charge is -2.21. The number of benzene rings is 1. The molecule has 1 aromatic rings. The van der Waals surface area contributed by atoms with E-state index in [1.807, 2.05) is 24.3 Å². The zero-order valence-electron chi connectivity index (χ0n) is 12.3. The first-order valence-corrected chi connectivity index (χ1v) is 8.18. The first-order valence-electron chi connectivity index (χ1n) is 7.39. The van der Waals surface area contributed by atoms with Crippen molar-refractivity contribution in [3.05, 3.63) is 28.7 Å². The van der Waals surface area contributed by atoms with Crippen molar-refractivity contribution in [3.63, 3.8) is 0 Å². The number of hydrogen-bond donors (Lipinski definition) is 1. The number of rotatable bonds is 5. The van der Waals surface area contributed by atoms with Gasteiger partial charge in [-0.2, -0.15) is 0 Å². The van der Waals surface area contributed by atoms with Crippen molar-refractivity contribution in [3.8, 4) is 0 Å². The Morgan fingerprint density at radius 1 is 1.24 bits per heavy atom. The van der Waals surface area contributed by atoms with E-state index in [0.717, 1.165) is 23.0 Å². The molecule has 1 fully saturated rings. The van der Waals surface area contributed by atoms with Crippen molar-refractivity contribution in [2.45, 2.75) is 45.1 Å². The average Bonchev–Trinajstić information content (AvgIpc) is 2.93. The van der Waals surface area contributed by atoms with Crippen LogP contribution in [-0.2, 0) is 9.59 Å². The summed E-state index contributed by atoms with van der Waals surface area (Å²) in [6, 6.07) is 7.87. The van der Waals surface area contributed by atoms with E-state index < -0.39 is 0 Å². The Kier molecular flexibility index (Phi) is 5.79. The highest BCUT2D eigenvalue weighted by molar-refractivity contribution is 9.10. The predicted octanol–water partition coefficient (Wildman–Crippen LogP) is 3.25. The summed E-state index contributed by atoms with van der Waals surface area (Å²) in [6.45, 7) is 1.94. The Bertz CT molecular complexity index is 496. The third kappa shape index (κ3) is 4.84. The average molecular weight is 353 g/mol. The minimum absolute atomic E-state index is 0.0326. The van der Waals surface area contributed by atoms with E-state index in [2.05, 4.69) is 21.2 Å². The number of hydrogen-bond acceptors (Lipinski definition) is 2. The molecular weight excluding hydrogens is 332 g/mol. The lowest BCUT2D eigenvalue weighted by molar-refractivity contribution is -0.121. The van der Waals surface area contributed by atoms with Crippen LogP contribution in [0.5, 0.6) is 0 Å². The predicted molar refractivity (Wildman–Crippen MR) is 87.2 cm³/mol. The molecule has 0 spiro atoms. The summed E-state index contributed by atoms with van der Waals surface area (Å²) in [6.07, 6.45) is 4.89. The largest absolute Gasteiger partial charge is 0.353 e. The highest BCUT2D eigenvalue weighted by atomic mass is 79.9. The molecular formula is C16H21BrN2O2. The van der Waals surface area contributed by atoms with E-state index in [9.17, 15) is 9.59 Å². The molecule has 114 valence electrons. The van der Waals surface area contributed by atoms with Gasteiger partial charge in [-0.25, -0.2) is 0 Å². The molecule has 1 saturated carbocycles. The molecule has 2 rings (SSSR count). The Labute approximate surface area is 134 Å². The van der Waals surface area contributed by atoms with Crippen LogP contribution >= 0.6 is 15.9 Å². The fourth-order valence-electron chi connectivity index (χ4n) is 2.67. The molecule has 4 nitrogen and oxygen atoms in total. The third-order valence-electron chi connectivity index (χ3n) is 3.80. The van der Waals surface area contributed by atoms with Crippen LogP contribution < -0.4 is 10.2 Å². The van der Waals surface area contributed by atoms with Gasteiger partial charge in [0.1, 0.15) is 0 Å². The second-order valence-electron chi connectivity index (χ2n) is 5.45. The summed E-state index contributed by atoms with van der Waals surface area (Å²) < 4.78 is 0.966. The van der Waals surface area contributed by atoms with Gasteiger partial charge < -0.3 is 10.2 Å². The quantitative estimate of drug-likeness (QED) is 0.884. The lowest BCUT2D eigenvalue weighted by atomic mass is 10.2. The van der Waals surface area contributed by atoms with Crippen LogP contribution in [0.25, 0.3) is 0 Å². The van der Waals surface area contributed by atoms with Gasteiger partial charge in [-0.3, -0.25) is 9.59 Å². The minimum Gasteiger partial charge on any atom is -0.353 e. The molecule has 0 aromatic heterocycles. The second-order valence-corrected chi connectivity index (χ2v) is 6.36. The van der Waals surface area contributed by atoms with Crippen molar-refractivity contribution in [1.82, 2.24) is 5.32 Å². The SMILES string of the molecule is CC(=O)N(CCC(=O)NC1CCCC1)c1ccc(Br)cc1. The number of nitrogens with one attached hydrogen (secondary N) is 1. The van der Waals surface area contributed by atoms with Crippen LogP contribution in [0.15, 0.2) is 28.7 Å². The van der Waals surface area contributed by atoms with E-state index in [1.165, 1.54) is 19.8 Å². The summed E-state index contributed by atoms with van der Waals surface area (Å²) in [5, 5.41) is 3.05. The van der Waals surface area contributed by atoms with E-state index in [4.69, 9.17) is 0 Å². The maximum Gasteiger partial charge on any atom is 0.223 e. The van der Waals surface area contributed by atoms with Crippen molar-refractivity contribution >= 4 is 33.4 Å². The standard InChI is InChI=1S/C16H21BrN2O2/c1-12(20)19(15-8-6-13(17)7-9-15)11-10-16(21)18-14-4-2-3-5-14/h6-9,14H,2-5,10-11H2,1H3,(H,18,21). The highest BCUT2D eigenvalue weighted by Crippen LogP contribution is 2.20. The number of nitrogens with zero attached hydrogens (tertiary/aromatic N) is 1. The summed E-state index contributed by atoms with van der Waals surface area (Å²) in [5.41, 5.74) is 0.819. The number of anilines is 1. The van der Waals surface area contributed by atoms with Crippen molar-refractivity contribution in [2.24, 2.45) is 0 Å². The normalized spacial score (nSPS) is 15.0. The Morgan fingerprint density at radius 2 is 1.86 bits per heavy atom. The van der Waals surface area contributed by atoms with Gasteiger partial charge in [0.25, 0.3) is 0 Å². The summed E-state index contributed by atoms with van der Waals surface area (Å²) in [7, 11) is 0. The minimum atomic E-state index is -0.0500. The molecule has 1 aliphatic carbocycles. The Hall–Kier alpha value is -1.36. The van der Waals surface area contributed by atoms with Crippen LogP contribution in [0, 0.1) is 0 Å². The second kappa shape index (κ2) is 7.59. The lowest BCUT2D eigenvalue weighted by Crippen LogP contribution is -2.37. The topological polar surface area (TPSA) is 49.4 Å². The maximum absolute atomic E-state index is 12.0. The van der Waals surface area contributed by atoms with Gasteiger partial charge in [-0.05, 0) is 37.1 Å². The molecule has 0 radical (unpaired) electrons. The molecule has 2 amide bonds. The summed E-state index contributed by atoms with van der Waals surface area (Å²) in [5.74, 6) is -0.0174. The van der Waals surface area contributed by atoms with Gasteiger partial charge in [0.2, 0.25) is 11.8 Å². The smallest absolute Gasteiger partial charge is 0.223 e. The van der Waals surface area contributed by atoms with Crippen LogP contribution in [0.1, 0.15) is 39.0 Å². The van der Waals surface area contributed by atoms with Gasteiger partial charge in [-0.15, -0.1) is 0 Å². The molecule has 0 bridgehead atoms. The molecule has 0 saturated heterocycles. The molecule has 0 aliphatic heterocycles. The van der Waals surface area contributed by atoms with Gasteiger partial charge in [0, 0.05) is 36.1 Å². The van der Waals surface area contributed by atoms with Gasteiger partial charge in [0.05, 0.1) is 0 Å². The fourth-order valence-corrected chi connectivity index (χ4v) is 2.94. The molecule has 1 N–H and O–H groups in total. The molecule has 0 atom stereocenters. The van der Waals surface area contributed by atoms with Gasteiger partial charge in [0.15, 0.2) is 0 Å². The van der Waals surface area contributed by atoms with Gasteiger partial charge >= 0.3 is 0 Å². The number of amides is 2. The number of halogens is 1. The first-order chi connectivity index (χ1) is 10.1. The maximum atomic E-state index is 12.0. The molecule has 0 unspecified atom stereocenters. The summed E-state index contributed by atoms with van der Waals surface area (Å²) in [4.78, 5) is 25.4. The first kappa shape index (κ1) is 16.0. The van der Waals surface area contributed by atoms with Crippen LogP contribution in [0.3, 0.4) is 0 Å². The fraction of sp³-hybridized carbons (Fsp3) is 0.500. The van der Waals surface area contributed by atoms with Crippen molar-refractivity contribution < 1.29 is 9.59 Å². The van der Waals surface area contributed by atoms with Gasteiger partial charge in [-0.1, -0.05) is 28.8 Å². The Morgan fingerprint density at radius 3 is 2.43 bits per heavy atom. The molecule has 21 heavy (non-hydrogen) atoms. The number of carbonyl (C=O) groups is 2. The molecule has 0 heterocycles. The zero-order valence-corrected chi connectivity index (χ0v) is 13.9. The van der Waals surface area contributed by atoms with Crippen LogP contribution in [0.2, 0.25) is 0 Å². The molecule has 1 aromatic carbocycles. The molecule has 5 heteroatoms. The Balaban J connectivity index is 1.89. The zero-order chi connectivity index (χ0) is 15.2. The monoisotopic (exact) mass is 352 g/mol. The van der Waals surface area contributed by atoms with Crippen LogP contribution in [-0.4, -0.2) is 24.4 Å². The van der Waals surface area contributed by atoms with Crippen LogP contribution in [0.4, 0.5) is 5.69 Å². The van der Waals surface area contributed by atoms with E-state index in [1.54, 1.807) is 4.90 Å². The van der Waals surface area contributed by atoms with Crippen molar-refractivity contribution in [2.75, 3.05) is 11.4 Å².